The van der Waals surface area contributed by atoms with Crippen molar-refractivity contribution in [1.82, 2.24) is 0 Å². The zero-order valence-electron chi connectivity index (χ0n) is 12.0. The van der Waals surface area contributed by atoms with Gasteiger partial charge in [-0.3, -0.25) is 0 Å². The number of hydrogen-bond acceptors (Lipinski definition) is 2. The van der Waals surface area contributed by atoms with Crippen LogP contribution in [0.2, 0.25) is 0 Å². The highest BCUT2D eigenvalue weighted by Crippen LogP contribution is 2.33. The van der Waals surface area contributed by atoms with E-state index in [1.54, 1.807) is 0 Å². The van der Waals surface area contributed by atoms with Gasteiger partial charge in [-0.15, -0.1) is 0 Å². The molecule has 0 saturated heterocycles. The Morgan fingerprint density at radius 1 is 1.05 bits per heavy atom. The Morgan fingerprint density at radius 3 is 2.75 bits per heavy atom. The second-order valence-corrected chi connectivity index (χ2v) is 5.63. The van der Waals surface area contributed by atoms with Crippen LogP contribution in [0.25, 0.3) is 0 Å². The molecule has 1 atom stereocenters. The minimum absolute atomic E-state index is 0.359. The maximum absolute atomic E-state index is 5.93. The molecular formula is C18H22N2. The summed E-state index contributed by atoms with van der Waals surface area (Å²) >= 11 is 0. The van der Waals surface area contributed by atoms with Crippen LogP contribution in [-0.2, 0) is 6.42 Å². The van der Waals surface area contributed by atoms with Crippen molar-refractivity contribution < 1.29 is 0 Å². The number of hydrogen-bond donors (Lipinski definition) is 1. The summed E-state index contributed by atoms with van der Waals surface area (Å²) in [5.74, 6) is 0. The van der Waals surface area contributed by atoms with Crippen LogP contribution in [0.4, 0.5) is 11.4 Å². The Kier molecular flexibility index (Phi) is 3.64. The molecule has 0 fully saturated rings. The highest BCUT2D eigenvalue weighted by atomic mass is 15.2. The van der Waals surface area contributed by atoms with E-state index < -0.39 is 0 Å². The van der Waals surface area contributed by atoms with Crippen LogP contribution < -0.4 is 10.6 Å². The number of nitrogens with two attached hydrogens (primary N) is 1. The van der Waals surface area contributed by atoms with Gasteiger partial charge in [0.05, 0.1) is 6.04 Å². The molecule has 20 heavy (non-hydrogen) atoms. The average Bonchev–Trinajstić information content (AvgIpc) is 2.69. The van der Waals surface area contributed by atoms with Crippen LogP contribution in [0.1, 0.15) is 36.9 Å². The summed E-state index contributed by atoms with van der Waals surface area (Å²) < 4.78 is 0. The molecule has 0 amide bonds. The van der Waals surface area contributed by atoms with Gasteiger partial charge in [-0.2, -0.15) is 0 Å². The molecule has 2 heteroatoms. The van der Waals surface area contributed by atoms with E-state index in [2.05, 4.69) is 48.2 Å². The van der Waals surface area contributed by atoms with Crippen LogP contribution >= 0.6 is 0 Å². The van der Waals surface area contributed by atoms with E-state index in [1.807, 2.05) is 12.1 Å². The van der Waals surface area contributed by atoms with Gasteiger partial charge < -0.3 is 10.6 Å². The fourth-order valence-electron chi connectivity index (χ4n) is 3.12. The van der Waals surface area contributed by atoms with Gasteiger partial charge in [0.25, 0.3) is 0 Å². The molecular weight excluding hydrogens is 244 g/mol. The molecule has 0 aromatic heterocycles. The summed E-state index contributed by atoms with van der Waals surface area (Å²) in [4.78, 5) is 2.52. The van der Waals surface area contributed by atoms with Gasteiger partial charge in [-0.1, -0.05) is 30.3 Å². The van der Waals surface area contributed by atoms with E-state index in [-0.39, 0.29) is 0 Å². The van der Waals surface area contributed by atoms with Crippen molar-refractivity contribution in [2.24, 2.45) is 0 Å². The second-order valence-electron chi connectivity index (χ2n) is 5.63. The predicted octanol–water partition coefficient (Wildman–Crippen LogP) is 4.17. The Hall–Kier alpha value is -1.96. The molecule has 104 valence electrons. The zero-order valence-corrected chi connectivity index (χ0v) is 12.0. The molecule has 1 aliphatic heterocycles. The first-order valence-corrected chi connectivity index (χ1v) is 7.46. The van der Waals surface area contributed by atoms with Gasteiger partial charge in [0.15, 0.2) is 0 Å². The number of aryl methyl sites for hydroxylation is 1. The monoisotopic (exact) mass is 266 g/mol. The third-order valence-corrected chi connectivity index (χ3v) is 4.26. The Labute approximate surface area is 121 Å². The smallest absolute Gasteiger partial charge is 0.0515 e. The van der Waals surface area contributed by atoms with Crippen LogP contribution in [0.5, 0.6) is 0 Å². The Balaban J connectivity index is 1.97. The van der Waals surface area contributed by atoms with Gasteiger partial charge in [0, 0.05) is 17.9 Å². The largest absolute Gasteiger partial charge is 0.399 e. The van der Waals surface area contributed by atoms with Crippen molar-refractivity contribution in [3.05, 3.63) is 59.7 Å². The van der Waals surface area contributed by atoms with Crippen molar-refractivity contribution in [3.8, 4) is 0 Å². The maximum Gasteiger partial charge on any atom is 0.0515 e. The minimum Gasteiger partial charge on any atom is -0.399 e. The van der Waals surface area contributed by atoms with Crippen molar-refractivity contribution in [3.63, 3.8) is 0 Å². The fourth-order valence-corrected chi connectivity index (χ4v) is 3.12. The van der Waals surface area contributed by atoms with Gasteiger partial charge in [0.1, 0.15) is 0 Å². The molecule has 0 radical (unpaired) electrons. The number of para-hydroxylation sites is 1. The number of rotatable bonds is 2. The maximum atomic E-state index is 5.93. The molecule has 2 N–H and O–H groups in total. The summed E-state index contributed by atoms with van der Waals surface area (Å²) in [6.07, 6.45) is 3.72. The standard InChI is InChI=1S/C18H22N2/c1-14(16-9-6-10-17(19)13-16)20-12-5-4-8-15-7-2-3-11-18(15)20/h2-3,6-7,9-11,13-14H,4-5,8,12,19H2,1H3. The lowest BCUT2D eigenvalue weighted by Gasteiger charge is -2.32. The average molecular weight is 266 g/mol. The lowest BCUT2D eigenvalue weighted by molar-refractivity contribution is 0.643. The quantitative estimate of drug-likeness (QED) is 0.826. The summed E-state index contributed by atoms with van der Waals surface area (Å²) in [6.45, 7) is 3.39. The van der Waals surface area contributed by atoms with E-state index >= 15 is 0 Å². The number of nitrogens with zero attached hydrogens (tertiary/aromatic N) is 1. The van der Waals surface area contributed by atoms with E-state index in [1.165, 1.54) is 36.1 Å². The Morgan fingerprint density at radius 2 is 1.90 bits per heavy atom. The fraction of sp³-hybridized carbons (Fsp3) is 0.333. The molecule has 2 aromatic carbocycles. The normalized spacial score (nSPS) is 16.4. The summed E-state index contributed by atoms with van der Waals surface area (Å²) in [5.41, 5.74) is 10.9. The lowest BCUT2D eigenvalue weighted by Crippen LogP contribution is -2.27. The SMILES string of the molecule is CC(c1cccc(N)c1)N1CCCCc2ccccc21. The third kappa shape index (κ3) is 2.51. The number of nitrogen functional groups attached to an aromatic ring is 1. The number of anilines is 2. The van der Waals surface area contributed by atoms with Crippen molar-refractivity contribution in [2.75, 3.05) is 17.2 Å². The van der Waals surface area contributed by atoms with E-state index in [0.717, 1.165) is 12.2 Å². The first kappa shape index (κ1) is 13.0. The third-order valence-electron chi connectivity index (χ3n) is 4.26. The van der Waals surface area contributed by atoms with Crippen LogP contribution in [0.15, 0.2) is 48.5 Å². The van der Waals surface area contributed by atoms with Crippen LogP contribution in [0.3, 0.4) is 0 Å². The van der Waals surface area contributed by atoms with Gasteiger partial charge in [-0.25, -0.2) is 0 Å². The molecule has 1 aliphatic rings. The topological polar surface area (TPSA) is 29.3 Å². The molecule has 2 nitrogen and oxygen atoms in total. The molecule has 0 aliphatic carbocycles. The van der Waals surface area contributed by atoms with Gasteiger partial charge in [-0.05, 0) is 55.5 Å². The zero-order chi connectivity index (χ0) is 13.9. The van der Waals surface area contributed by atoms with Crippen molar-refractivity contribution in [2.45, 2.75) is 32.2 Å². The van der Waals surface area contributed by atoms with Gasteiger partial charge in [0.2, 0.25) is 0 Å². The molecule has 0 bridgehead atoms. The molecule has 3 rings (SSSR count). The highest BCUT2D eigenvalue weighted by molar-refractivity contribution is 5.56. The second kappa shape index (κ2) is 5.58. The first-order chi connectivity index (χ1) is 9.75. The highest BCUT2D eigenvalue weighted by Gasteiger charge is 2.20. The van der Waals surface area contributed by atoms with Crippen LogP contribution in [0, 0.1) is 0 Å². The van der Waals surface area contributed by atoms with Gasteiger partial charge >= 0.3 is 0 Å². The number of fused-ring (bicyclic) bond motifs is 1. The van der Waals surface area contributed by atoms with E-state index in [9.17, 15) is 0 Å². The van der Waals surface area contributed by atoms with E-state index in [4.69, 9.17) is 5.73 Å². The molecule has 0 spiro atoms. The van der Waals surface area contributed by atoms with E-state index in [0.29, 0.717) is 6.04 Å². The lowest BCUT2D eigenvalue weighted by atomic mass is 10.0. The molecule has 2 aromatic rings. The number of benzene rings is 2. The molecule has 1 unspecified atom stereocenters. The van der Waals surface area contributed by atoms with Crippen molar-refractivity contribution in [1.29, 1.82) is 0 Å². The molecule has 0 saturated carbocycles. The summed E-state index contributed by atoms with van der Waals surface area (Å²) in [6, 6.07) is 17.4. The predicted molar refractivity (Wildman–Crippen MR) is 86.0 cm³/mol. The summed E-state index contributed by atoms with van der Waals surface area (Å²) in [5, 5.41) is 0. The Bertz CT molecular complexity index is 591. The minimum atomic E-state index is 0.359. The summed E-state index contributed by atoms with van der Waals surface area (Å²) in [7, 11) is 0. The van der Waals surface area contributed by atoms with Crippen LogP contribution in [-0.4, -0.2) is 6.54 Å². The molecule has 1 heterocycles. The first-order valence-electron chi connectivity index (χ1n) is 7.46. The van der Waals surface area contributed by atoms with Crippen molar-refractivity contribution >= 4 is 11.4 Å².